The maximum absolute atomic E-state index is 11.1. The summed E-state index contributed by atoms with van der Waals surface area (Å²) < 4.78 is 0. The Labute approximate surface area is 116 Å². The first kappa shape index (κ1) is 12.2. The Morgan fingerprint density at radius 3 is 3.05 bits per heavy atom. The predicted molar refractivity (Wildman–Crippen MR) is 77.2 cm³/mol. The third-order valence-corrected chi connectivity index (χ3v) is 4.70. The van der Waals surface area contributed by atoms with Crippen LogP contribution >= 0.6 is 11.3 Å². The van der Waals surface area contributed by atoms with Crippen LogP contribution in [-0.2, 0) is 6.42 Å². The van der Waals surface area contributed by atoms with Crippen LogP contribution in [0.2, 0.25) is 0 Å². The maximum Gasteiger partial charge on any atom is 0.335 e. The van der Waals surface area contributed by atoms with E-state index in [1.807, 2.05) is 23.5 Å². The van der Waals surface area contributed by atoms with Crippen molar-refractivity contribution < 1.29 is 9.90 Å². The first-order valence-corrected chi connectivity index (χ1v) is 7.21. The van der Waals surface area contributed by atoms with Gasteiger partial charge in [0.05, 0.1) is 11.6 Å². The Bertz CT molecular complexity index is 620. The number of rotatable bonds is 2. The van der Waals surface area contributed by atoms with Gasteiger partial charge in [-0.2, -0.15) is 0 Å². The second kappa shape index (κ2) is 4.70. The first-order valence-electron chi connectivity index (χ1n) is 6.33. The molecule has 0 bridgehead atoms. The number of carboxylic acid groups (broad SMARTS) is 1. The highest BCUT2D eigenvalue weighted by Crippen LogP contribution is 2.36. The average Bonchev–Trinajstić information content (AvgIpc) is 2.88. The number of nitrogens with zero attached hydrogens (tertiary/aromatic N) is 1. The monoisotopic (exact) mass is 273 g/mol. The molecule has 98 valence electrons. The molecule has 1 atom stereocenters. The van der Waals surface area contributed by atoms with E-state index in [1.54, 1.807) is 12.1 Å². The van der Waals surface area contributed by atoms with Crippen molar-refractivity contribution in [1.29, 1.82) is 0 Å². The Kier molecular flexibility index (Phi) is 3.03. The average molecular weight is 273 g/mol. The van der Waals surface area contributed by atoms with Crippen LogP contribution in [0.25, 0.3) is 0 Å². The van der Waals surface area contributed by atoms with Crippen molar-refractivity contribution in [2.24, 2.45) is 0 Å². The zero-order valence-corrected chi connectivity index (χ0v) is 11.5. The van der Waals surface area contributed by atoms with Crippen LogP contribution < -0.4 is 4.90 Å². The minimum absolute atomic E-state index is 0.305. The van der Waals surface area contributed by atoms with Gasteiger partial charge in [0.15, 0.2) is 0 Å². The third-order valence-electron chi connectivity index (χ3n) is 3.70. The van der Waals surface area contributed by atoms with E-state index in [9.17, 15) is 4.79 Å². The summed E-state index contributed by atoms with van der Waals surface area (Å²) in [4.78, 5) is 14.8. The smallest absolute Gasteiger partial charge is 0.335 e. The molecule has 0 saturated heterocycles. The third kappa shape index (κ3) is 2.12. The van der Waals surface area contributed by atoms with Gasteiger partial charge in [0.2, 0.25) is 0 Å². The van der Waals surface area contributed by atoms with Crippen LogP contribution in [0.15, 0.2) is 35.7 Å². The molecule has 0 saturated carbocycles. The molecule has 2 heterocycles. The van der Waals surface area contributed by atoms with E-state index >= 15 is 0 Å². The lowest BCUT2D eigenvalue weighted by molar-refractivity contribution is 0.0697. The fourth-order valence-corrected chi connectivity index (χ4v) is 3.64. The van der Waals surface area contributed by atoms with Gasteiger partial charge in [-0.15, -0.1) is 11.3 Å². The van der Waals surface area contributed by atoms with Gasteiger partial charge >= 0.3 is 5.97 Å². The molecule has 4 heteroatoms. The molecule has 19 heavy (non-hydrogen) atoms. The Morgan fingerprint density at radius 1 is 1.42 bits per heavy atom. The number of aromatic carboxylic acids is 1. The van der Waals surface area contributed by atoms with Crippen LogP contribution in [0.1, 0.15) is 33.8 Å². The molecule has 1 aromatic heterocycles. The zero-order chi connectivity index (χ0) is 13.4. The van der Waals surface area contributed by atoms with Crippen LogP contribution in [0.3, 0.4) is 0 Å². The Morgan fingerprint density at radius 2 is 2.26 bits per heavy atom. The van der Waals surface area contributed by atoms with Crippen molar-refractivity contribution in [2.45, 2.75) is 19.4 Å². The summed E-state index contributed by atoms with van der Waals surface area (Å²) in [5.74, 6) is -0.872. The summed E-state index contributed by atoms with van der Waals surface area (Å²) in [6.45, 7) is 3.12. The molecule has 3 nitrogen and oxygen atoms in total. The second-order valence-corrected chi connectivity index (χ2v) is 5.77. The van der Waals surface area contributed by atoms with Gasteiger partial charge in [0.1, 0.15) is 0 Å². The second-order valence-electron chi connectivity index (χ2n) is 4.77. The summed E-state index contributed by atoms with van der Waals surface area (Å²) in [6, 6.07) is 9.68. The maximum atomic E-state index is 11.1. The molecule has 0 amide bonds. The van der Waals surface area contributed by atoms with Crippen molar-refractivity contribution in [2.75, 3.05) is 11.4 Å². The van der Waals surface area contributed by atoms with Gasteiger partial charge in [-0.05, 0) is 48.6 Å². The van der Waals surface area contributed by atoms with Crippen molar-refractivity contribution in [1.82, 2.24) is 0 Å². The van der Waals surface area contributed by atoms with Crippen molar-refractivity contribution in [3.8, 4) is 0 Å². The molecule has 3 rings (SSSR count). The largest absolute Gasteiger partial charge is 0.478 e. The topological polar surface area (TPSA) is 40.5 Å². The van der Waals surface area contributed by atoms with E-state index in [2.05, 4.69) is 23.3 Å². The molecule has 1 aromatic carbocycles. The predicted octanol–water partition coefficient (Wildman–Crippen LogP) is 3.57. The summed E-state index contributed by atoms with van der Waals surface area (Å²) in [5, 5.41) is 11.2. The molecule has 0 spiro atoms. The molecule has 0 aliphatic carbocycles. The van der Waals surface area contributed by atoms with E-state index in [0.717, 1.165) is 18.7 Å². The molecule has 1 unspecified atom stereocenters. The quantitative estimate of drug-likeness (QED) is 0.909. The molecule has 0 radical (unpaired) electrons. The van der Waals surface area contributed by atoms with Gasteiger partial charge in [-0.1, -0.05) is 6.07 Å². The summed E-state index contributed by atoms with van der Waals surface area (Å²) >= 11 is 1.81. The van der Waals surface area contributed by atoms with Gasteiger partial charge in [0, 0.05) is 17.1 Å². The lowest BCUT2D eigenvalue weighted by Gasteiger charge is -2.35. The summed E-state index contributed by atoms with van der Waals surface area (Å²) in [7, 11) is 0. The lowest BCUT2D eigenvalue weighted by Crippen LogP contribution is -2.33. The van der Waals surface area contributed by atoms with Gasteiger partial charge in [-0.25, -0.2) is 4.79 Å². The van der Waals surface area contributed by atoms with E-state index in [-0.39, 0.29) is 0 Å². The van der Waals surface area contributed by atoms with Crippen molar-refractivity contribution in [3.63, 3.8) is 0 Å². The fourth-order valence-electron chi connectivity index (χ4n) is 2.68. The molecule has 2 aromatic rings. The van der Waals surface area contributed by atoms with E-state index in [4.69, 9.17) is 5.11 Å². The molecule has 0 fully saturated rings. The van der Waals surface area contributed by atoms with Crippen LogP contribution in [0, 0.1) is 0 Å². The minimum atomic E-state index is -0.872. The number of benzene rings is 1. The van der Waals surface area contributed by atoms with Crippen molar-refractivity contribution in [3.05, 3.63) is 51.7 Å². The van der Waals surface area contributed by atoms with Crippen LogP contribution in [0.5, 0.6) is 0 Å². The number of thiophene rings is 1. The van der Waals surface area contributed by atoms with E-state index in [1.165, 1.54) is 10.4 Å². The number of anilines is 1. The first-order chi connectivity index (χ1) is 9.16. The van der Waals surface area contributed by atoms with Gasteiger partial charge in [-0.3, -0.25) is 0 Å². The van der Waals surface area contributed by atoms with E-state index in [0.29, 0.717) is 11.6 Å². The summed E-state index contributed by atoms with van der Waals surface area (Å²) in [5.41, 5.74) is 2.71. The van der Waals surface area contributed by atoms with Crippen molar-refractivity contribution >= 4 is 23.0 Å². The number of carbonyl (C=O) groups is 1. The minimum Gasteiger partial charge on any atom is -0.478 e. The number of carboxylic acids is 1. The molecule has 1 aliphatic rings. The molecular formula is C15H15NO2S. The normalized spacial score (nSPS) is 18.2. The number of fused-ring (bicyclic) bond motifs is 1. The van der Waals surface area contributed by atoms with E-state index < -0.39 is 5.97 Å². The Hall–Kier alpha value is -1.81. The lowest BCUT2D eigenvalue weighted by atomic mass is 10.0. The highest BCUT2D eigenvalue weighted by atomic mass is 32.1. The van der Waals surface area contributed by atoms with Gasteiger partial charge < -0.3 is 10.0 Å². The summed E-state index contributed by atoms with van der Waals surface area (Å²) in [6.07, 6.45) is 1.04. The highest BCUT2D eigenvalue weighted by molar-refractivity contribution is 7.10. The molecular weight excluding hydrogens is 258 g/mol. The van der Waals surface area contributed by atoms with Crippen LogP contribution in [0.4, 0.5) is 5.69 Å². The molecule has 1 N–H and O–H groups in total. The SMILES string of the molecule is CC1c2ccsc2CCN1c1cccc(C(=O)O)c1. The molecule has 1 aliphatic heterocycles. The number of hydrogen-bond donors (Lipinski definition) is 1. The van der Waals surface area contributed by atoms with Gasteiger partial charge in [0.25, 0.3) is 0 Å². The zero-order valence-electron chi connectivity index (χ0n) is 10.7. The Balaban J connectivity index is 1.95. The highest BCUT2D eigenvalue weighted by Gasteiger charge is 2.25. The van der Waals surface area contributed by atoms with Crippen LogP contribution in [-0.4, -0.2) is 17.6 Å². The fraction of sp³-hybridized carbons (Fsp3) is 0.267. The standard InChI is InChI=1S/C15H15NO2S/c1-10-13-6-8-19-14(13)5-7-16(10)12-4-2-3-11(9-12)15(17)18/h2-4,6,8-10H,5,7H2,1H3,(H,17,18). The number of hydrogen-bond acceptors (Lipinski definition) is 3.